The normalized spacial score (nSPS) is 14.1. The number of aromatic nitrogens is 2. The van der Waals surface area contributed by atoms with Gasteiger partial charge in [0.1, 0.15) is 17.0 Å². The number of ether oxygens (including phenoxy) is 1. The number of carbonyl (C=O) groups is 1. The molecular formula is C28H28Cl2N4O4. The van der Waals surface area contributed by atoms with Crippen LogP contribution in [0, 0.1) is 12.8 Å². The first-order chi connectivity index (χ1) is 18.3. The molecule has 2 aromatic carbocycles. The maximum atomic E-state index is 13.6. The van der Waals surface area contributed by atoms with E-state index in [1.54, 1.807) is 18.2 Å². The lowest BCUT2D eigenvalue weighted by Gasteiger charge is -2.21. The highest BCUT2D eigenvalue weighted by Gasteiger charge is 2.23. The number of amides is 1. The van der Waals surface area contributed by atoms with Crippen molar-refractivity contribution in [2.75, 3.05) is 23.8 Å². The SMILES string of the molecule is CCc1oc2ccc(Nc3ncc(NC(=O)C4CCOCC4)c(=O)n3Cc3ccc(Cl)c(Cl)c3)cc2c1C. The Hall–Kier alpha value is -3.33. The van der Waals surface area contributed by atoms with Crippen molar-refractivity contribution < 1.29 is 13.9 Å². The Labute approximate surface area is 229 Å². The van der Waals surface area contributed by atoms with Crippen LogP contribution < -0.4 is 16.2 Å². The van der Waals surface area contributed by atoms with Crippen LogP contribution in [0.4, 0.5) is 17.3 Å². The van der Waals surface area contributed by atoms with Crippen molar-refractivity contribution in [1.82, 2.24) is 9.55 Å². The van der Waals surface area contributed by atoms with Gasteiger partial charge in [-0.3, -0.25) is 14.2 Å². The molecule has 0 radical (unpaired) electrons. The Morgan fingerprint density at radius 1 is 1.13 bits per heavy atom. The summed E-state index contributed by atoms with van der Waals surface area (Å²) in [4.78, 5) is 31.0. The van der Waals surface area contributed by atoms with Gasteiger partial charge in [-0.15, -0.1) is 0 Å². The molecule has 198 valence electrons. The molecule has 3 heterocycles. The number of nitrogens with one attached hydrogen (secondary N) is 2. The topological polar surface area (TPSA) is 98.4 Å². The average molecular weight is 555 g/mol. The van der Waals surface area contributed by atoms with E-state index in [4.69, 9.17) is 32.4 Å². The third-order valence-corrected chi connectivity index (χ3v) is 7.57. The zero-order valence-electron chi connectivity index (χ0n) is 21.1. The minimum absolute atomic E-state index is 0.112. The number of hydrogen-bond donors (Lipinski definition) is 2. The van der Waals surface area contributed by atoms with Gasteiger partial charge in [0.25, 0.3) is 5.56 Å². The Morgan fingerprint density at radius 2 is 1.92 bits per heavy atom. The Kier molecular flexibility index (Phi) is 7.74. The number of nitrogens with zero attached hydrogens (tertiary/aromatic N) is 2. The zero-order valence-corrected chi connectivity index (χ0v) is 22.7. The second kappa shape index (κ2) is 11.2. The Bertz CT molecular complexity index is 1560. The molecule has 0 atom stereocenters. The average Bonchev–Trinajstić information content (AvgIpc) is 3.25. The third kappa shape index (κ3) is 5.43. The lowest BCUT2D eigenvalue weighted by molar-refractivity contribution is -0.122. The molecule has 0 saturated carbocycles. The van der Waals surface area contributed by atoms with E-state index in [-0.39, 0.29) is 29.6 Å². The first-order valence-corrected chi connectivity index (χ1v) is 13.3. The van der Waals surface area contributed by atoms with Crippen LogP contribution in [0.5, 0.6) is 0 Å². The van der Waals surface area contributed by atoms with Gasteiger partial charge in [0, 0.05) is 36.6 Å². The maximum Gasteiger partial charge on any atom is 0.279 e. The lowest BCUT2D eigenvalue weighted by Crippen LogP contribution is -2.33. The summed E-state index contributed by atoms with van der Waals surface area (Å²) in [5, 5.41) is 7.85. The molecule has 38 heavy (non-hydrogen) atoms. The highest BCUT2D eigenvalue weighted by atomic mass is 35.5. The minimum atomic E-state index is -0.386. The second-order valence-corrected chi connectivity index (χ2v) is 10.2. The van der Waals surface area contributed by atoms with E-state index in [2.05, 4.69) is 22.5 Å². The second-order valence-electron chi connectivity index (χ2n) is 9.35. The van der Waals surface area contributed by atoms with Crippen LogP contribution in [-0.2, 0) is 22.5 Å². The quantitative estimate of drug-likeness (QED) is 0.277. The van der Waals surface area contributed by atoms with Crippen molar-refractivity contribution in [3.8, 4) is 0 Å². The van der Waals surface area contributed by atoms with E-state index in [1.165, 1.54) is 10.8 Å². The molecule has 5 rings (SSSR count). The Balaban J connectivity index is 1.50. The molecule has 0 bridgehead atoms. The van der Waals surface area contributed by atoms with E-state index in [1.807, 2.05) is 25.1 Å². The number of furan rings is 1. The number of rotatable bonds is 7. The molecule has 10 heteroatoms. The van der Waals surface area contributed by atoms with Gasteiger partial charge >= 0.3 is 0 Å². The van der Waals surface area contributed by atoms with Gasteiger partial charge < -0.3 is 19.8 Å². The minimum Gasteiger partial charge on any atom is -0.461 e. The first kappa shape index (κ1) is 26.3. The summed E-state index contributed by atoms with van der Waals surface area (Å²) in [5.41, 5.74) is 3.12. The number of aryl methyl sites for hydroxylation is 2. The van der Waals surface area contributed by atoms with Gasteiger partial charge in [0.2, 0.25) is 11.9 Å². The van der Waals surface area contributed by atoms with Crippen molar-refractivity contribution in [2.24, 2.45) is 5.92 Å². The van der Waals surface area contributed by atoms with Crippen LogP contribution >= 0.6 is 23.2 Å². The monoisotopic (exact) mass is 554 g/mol. The molecule has 0 aliphatic carbocycles. The highest BCUT2D eigenvalue weighted by molar-refractivity contribution is 6.42. The van der Waals surface area contributed by atoms with E-state index >= 15 is 0 Å². The van der Waals surface area contributed by atoms with Gasteiger partial charge in [-0.2, -0.15) is 0 Å². The summed E-state index contributed by atoms with van der Waals surface area (Å²) in [6.07, 6.45) is 3.43. The van der Waals surface area contributed by atoms with Gasteiger partial charge in [-0.25, -0.2) is 4.98 Å². The van der Waals surface area contributed by atoms with Crippen molar-refractivity contribution in [3.63, 3.8) is 0 Å². The number of benzene rings is 2. The van der Waals surface area contributed by atoms with Gasteiger partial charge in [-0.05, 0) is 61.2 Å². The fourth-order valence-electron chi connectivity index (χ4n) is 4.66. The van der Waals surface area contributed by atoms with Gasteiger partial charge in [0.15, 0.2) is 0 Å². The summed E-state index contributed by atoms with van der Waals surface area (Å²) >= 11 is 12.3. The molecule has 8 nitrogen and oxygen atoms in total. The highest BCUT2D eigenvalue weighted by Crippen LogP contribution is 2.30. The molecule has 0 unspecified atom stereocenters. The Morgan fingerprint density at radius 3 is 2.66 bits per heavy atom. The third-order valence-electron chi connectivity index (χ3n) is 6.83. The molecule has 2 aromatic heterocycles. The summed E-state index contributed by atoms with van der Waals surface area (Å²) in [7, 11) is 0. The summed E-state index contributed by atoms with van der Waals surface area (Å²) in [6, 6.07) is 10.9. The standard InChI is InChI=1S/C28H28Cl2N4O4/c1-3-24-16(2)20-13-19(5-7-25(20)38-24)32-28-31-14-23(33-26(35)18-8-10-37-11-9-18)27(36)34(28)15-17-4-6-21(29)22(30)12-17/h4-7,12-14,18H,3,8-11,15H2,1-2H3,(H,31,32)(H,33,35). The first-order valence-electron chi connectivity index (χ1n) is 12.6. The molecule has 1 aliphatic rings. The van der Waals surface area contributed by atoms with E-state index in [0.29, 0.717) is 42.0 Å². The van der Waals surface area contributed by atoms with Crippen molar-refractivity contribution in [1.29, 1.82) is 0 Å². The van der Waals surface area contributed by atoms with Crippen molar-refractivity contribution in [3.05, 3.63) is 79.9 Å². The van der Waals surface area contributed by atoms with Crippen molar-refractivity contribution >= 4 is 57.4 Å². The number of hydrogen-bond acceptors (Lipinski definition) is 6. The molecule has 1 amide bonds. The smallest absolute Gasteiger partial charge is 0.279 e. The summed E-state index contributed by atoms with van der Waals surface area (Å²) in [6.45, 7) is 5.31. The van der Waals surface area contributed by atoms with Crippen LogP contribution in [0.2, 0.25) is 10.0 Å². The molecule has 0 spiro atoms. The summed E-state index contributed by atoms with van der Waals surface area (Å²) in [5.74, 6) is 0.849. The number of anilines is 3. The lowest BCUT2D eigenvalue weighted by atomic mass is 9.99. The molecule has 1 saturated heterocycles. The summed E-state index contributed by atoms with van der Waals surface area (Å²) < 4.78 is 12.8. The van der Waals surface area contributed by atoms with Crippen LogP contribution in [0.25, 0.3) is 11.0 Å². The predicted molar refractivity (Wildman–Crippen MR) is 150 cm³/mol. The van der Waals surface area contributed by atoms with Gasteiger partial charge in [-0.1, -0.05) is 36.2 Å². The van der Waals surface area contributed by atoms with Crippen LogP contribution in [0.3, 0.4) is 0 Å². The van der Waals surface area contributed by atoms with E-state index in [9.17, 15) is 9.59 Å². The van der Waals surface area contributed by atoms with Crippen LogP contribution in [0.1, 0.15) is 36.7 Å². The van der Waals surface area contributed by atoms with E-state index in [0.717, 1.165) is 40.0 Å². The van der Waals surface area contributed by atoms with Crippen molar-refractivity contribution in [2.45, 2.75) is 39.7 Å². The molecule has 4 aromatic rings. The predicted octanol–water partition coefficient (Wildman–Crippen LogP) is 6.32. The van der Waals surface area contributed by atoms with Crippen LogP contribution in [0.15, 0.2) is 51.8 Å². The maximum absolute atomic E-state index is 13.6. The zero-order chi connectivity index (χ0) is 26.8. The van der Waals surface area contributed by atoms with Gasteiger partial charge in [0.05, 0.1) is 22.8 Å². The molecular weight excluding hydrogens is 527 g/mol. The fourth-order valence-corrected chi connectivity index (χ4v) is 4.98. The number of halogens is 2. The van der Waals surface area contributed by atoms with Crippen LogP contribution in [-0.4, -0.2) is 28.7 Å². The number of carbonyl (C=O) groups excluding carboxylic acids is 1. The molecule has 1 fully saturated rings. The number of fused-ring (bicyclic) bond motifs is 1. The largest absolute Gasteiger partial charge is 0.461 e. The molecule has 1 aliphatic heterocycles. The molecule has 2 N–H and O–H groups in total. The fraction of sp³-hybridized carbons (Fsp3) is 0.321. The van der Waals surface area contributed by atoms with E-state index < -0.39 is 0 Å².